The second-order valence-corrected chi connectivity index (χ2v) is 10.8. The number of halogens is 4. The van der Waals surface area contributed by atoms with Crippen molar-refractivity contribution in [1.82, 2.24) is 14.9 Å². The number of nitrogens with zero attached hydrogens (tertiary/aromatic N) is 4. The van der Waals surface area contributed by atoms with Gasteiger partial charge in [0.2, 0.25) is 5.91 Å². The molecule has 3 atom stereocenters. The van der Waals surface area contributed by atoms with Crippen molar-refractivity contribution in [1.29, 1.82) is 0 Å². The van der Waals surface area contributed by atoms with E-state index in [1.54, 1.807) is 19.1 Å². The molecule has 6 rings (SSSR count). The van der Waals surface area contributed by atoms with E-state index in [0.717, 1.165) is 0 Å². The van der Waals surface area contributed by atoms with Crippen LogP contribution in [0.1, 0.15) is 34.8 Å². The van der Waals surface area contributed by atoms with E-state index < -0.39 is 35.0 Å². The predicted molar refractivity (Wildman–Crippen MR) is 139 cm³/mol. The van der Waals surface area contributed by atoms with Crippen LogP contribution in [0.2, 0.25) is 5.02 Å². The second kappa shape index (κ2) is 9.11. The Bertz CT molecular complexity index is 1520. The van der Waals surface area contributed by atoms with E-state index >= 15 is 8.78 Å². The van der Waals surface area contributed by atoms with Crippen LogP contribution in [0, 0.1) is 17.6 Å². The summed E-state index contributed by atoms with van der Waals surface area (Å²) in [5.74, 6) is -2.83. The third-order valence-corrected chi connectivity index (χ3v) is 7.97. The van der Waals surface area contributed by atoms with Gasteiger partial charge in [0.1, 0.15) is 17.8 Å². The Morgan fingerprint density at radius 3 is 2.64 bits per heavy atom. The summed E-state index contributed by atoms with van der Waals surface area (Å²) < 4.78 is 45.0. The average Bonchev–Trinajstić information content (AvgIpc) is 3.62. The number of pyridine rings is 2. The molecule has 3 N–H and O–H groups in total. The highest BCUT2D eigenvalue weighted by molar-refractivity contribution is 6.30. The summed E-state index contributed by atoms with van der Waals surface area (Å²) in [6.07, 6.45) is 1.85. The molecule has 4 heterocycles. The zero-order valence-corrected chi connectivity index (χ0v) is 21.6. The molecule has 8 nitrogen and oxygen atoms in total. The fourth-order valence-electron chi connectivity index (χ4n) is 5.42. The minimum absolute atomic E-state index is 0.0307. The first-order valence-corrected chi connectivity index (χ1v) is 12.8. The molecule has 0 radical (unpaired) electrons. The molecule has 1 aliphatic carbocycles. The van der Waals surface area contributed by atoms with E-state index in [9.17, 15) is 14.0 Å². The molecule has 1 saturated carbocycles. The van der Waals surface area contributed by atoms with E-state index in [4.69, 9.17) is 17.3 Å². The number of rotatable bonds is 5. The van der Waals surface area contributed by atoms with E-state index in [1.165, 1.54) is 40.4 Å². The lowest BCUT2D eigenvalue weighted by Gasteiger charge is -2.43. The lowest BCUT2D eigenvalue weighted by atomic mass is 9.71. The first-order valence-electron chi connectivity index (χ1n) is 12.4. The van der Waals surface area contributed by atoms with Crippen molar-refractivity contribution < 1.29 is 22.8 Å². The number of anilines is 3. The Labute approximate surface area is 227 Å². The molecule has 202 valence electrons. The maximum Gasteiger partial charge on any atom is 0.261 e. The molecule has 2 aromatic heterocycles. The van der Waals surface area contributed by atoms with Gasteiger partial charge in [-0.15, -0.1) is 0 Å². The minimum atomic E-state index is -1.39. The van der Waals surface area contributed by atoms with Gasteiger partial charge in [0.05, 0.1) is 22.5 Å². The smallest absolute Gasteiger partial charge is 0.261 e. The second-order valence-electron chi connectivity index (χ2n) is 10.4. The molecule has 3 aliphatic rings. The zero-order valence-electron chi connectivity index (χ0n) is 20.8. The zero-order chi connectivity index (χ0) is 27.6. The van der Waals surface area contributed by atoms with Gasteiger partial charge in [-0.3, -0.25) is 14.5 Å². The summed E-state index contributed by atoms with van der Waals surface area (Å²) in [6, 6.07) is 7.22. The number of nitrogens with one attached hydrogen (secondary N) is 1. The van der Waals surface area contributed by atoms with Crippen LogP contribution in [0.15, 0.2) is 42.7 Å². The molecule has 0 bridgehead atoms. The first-order chi connectivity index (χ1) is 18.6. The van der Waals surface area contributed by atoms with Crippen LogP contribution in [0.5, 0.6) is 0 Å². The third kappa shape index (κ3) is 4.15. The Hall–Kier alpha value is -3.86. The predicted octanol–water partition coefficient (Wildman–Crippen LogP) is 3.94. The number of aromatic nitrogens is 2. The van der Waals surface area contributed by atoms with Crippen LogP contribution in [0.25, 0.3) is 0 Å². The summed E-state index contributed by atoms with van der Waals surface area (Å²) in [5, 5.41) is 2.85. The van der Waals surface area contributed by atoms with Crippen LogP contribution < -0.4 is 16.0 Å². The van der Waals surface area contributed by atoms with E-state index in [-0.39, 0.29) is 71.4 Å². The van der Waals surface area contributed by atoms with Gasteiger partial charge in [-0.2, -0.15) is 0 Å². The van der Waals surface area contributed by atoms with E-state index in [0.29, 0.717) is 5.69 Å². The Kier molecular flexibility index (Phi) is 5.94. The number of fused-ring (bicyclic) bond motifs is 1. The maximum absolute atomic E-state index is 16.3. The lowest BCUT2D eigenvalue weighted by molar-refractivity contribution is -0.136. The third-order valence-electron chi connectivity index (χ3n) is 7.68. The number of benzene rings is 1. The molecular formula is C27H24ClF3N6O2. The van der Waals surface area contributed by atoms with Gasteiger partial charge >= 0.3 is 0 Å². The summed E-state index contributed by atoms with van der Waals surface area (Å²) in [5.41, 5.74) is 4.91. The van der Waals surface area contributed by atoms with Crippen molar-refractivity contribution >= 4 is 40.7 Å². The molecule has 2 fully saturated rings. The van der Waals surface area contributed by atoms with Gasteiger partial charge in [0.25, 0.3) is 5.91 Å². The van der Waals surface area contributed by atoms with Crippen molar-refractivity contribution in [2.45, 2.75) is 31.0 Å². The van der Waals surface area contributed by atoms with E-state index in [1.807, 2.05) is 0 Å². The molecule has 12 heteroatoms. The van der Waals surface area contributed by atoms with Gasteiger partial charge in [-0.1, -0.05) is 23.7 Å². The number of carbonyl (C=O) groups excluding carboxylic acids is 2. The van der Waals surface area contributed by atoms with Gasteiger partial charge in [-0.25, -0.2) is 23.1 Å². The molecule has 3 aromatic rings. The van der Waals surface area contributed by atoms with Gasteiger partial charge in [0, 0.05) is 60.3 Å². The van der Waals surface area contributed by atoms with Crippen LogP contribution in [-0.4, -0.2) is 58.5 Å². The highest BCUT2D eigenvalue weighted by Crippen LogP contribution is 2.45. The van der Waals surface area contributed by atoms with Gasteiger partial charge < -0.3 is 16.0 Å². The van der Waals surface area contributed by atoms with Crippen molar-refractivity contribution in [3.63, 3.8) is 0 Å². The summed E-state index contributed by atoms with van der Waals surface area (Å²) in [6.45, 7) is 2.03. The number of nitrogens with two attached hydrogens (primary N) is 1. The van der Waals surface area contributed by atoms with E-state index in [2.05, 4.69) is 15.3 Å². The standard InChI is InChI=1S/C27H24ClF3N6O2/c1-27(17-3-2-4-18(28)22(17)30)12-37(20-7-13(32)5-6-33-20)26(39)16-9-34-24(23(31)21(16)27)35-14-10-36(11-14)25(38)15-8-19(15)29/h2-7,9,14-15,19H,8,10-12H2,1H3,(H2,32,33)(H,34,35)/t15-,19+,27-/m1/s1. The molecule has 0 unspecified atom stereocenters. The van der Waals surface area contributed by atoms with Crippen LogP contribution in [0.3, 0.4) is 0 Å². The normalized spacial score (nSPS) is 24.3. The number of hydrogen-bond acceptors (Lipinski definition) is 6. The van der Waals surface area contributed by atoms with Crippen LogP contribution in [0.4, 0.5) is 30.5 Å². The SMILES string of the molecule is C[C@]1(c2cccc(Cl)c2F)CN(c2cc(N)ccn2)C(=O)c2cnc(NC3CN(C(=O)[C@@H]4C[C@@H]4F)C3)c(F)c21. The number of likely N-dealkylation sites (tertiary alicyclic amines) is 1. The van der Waals surface area contributed by atoms with Crippen LogP contribution in [-0.2, 0) is 10.2 Å². The fraction of sp³-hybridized carbons (Fsp3) is 0.333. The van der Waals surface area contributed by atoms with Crippen molar-refractivity contribution in [3.05, 3.63) is 76.1 Å². The van der Waals surface area contributed by atoms with Gasteiger partial charge in [-0.05, 0) is 25.5 Å². The fourth-order valence-corrected chi connectivity index (χ4v) is 5.59. The highest BCUT2D eigenvalue weighted by Gasteiger charge is 2.49. The monoisotopic (exact) mass is 556 g/mol. The molecule has 1 saturated heterocycles. The Morgan fingerprint density at radius 1 is 1.21 bits per heavy atom. The maximum atomic E-state index is 16.3. The summed E-state index contributed by atoms with van der Waals surface area (Å²) >= 11 is 6.11. The lowest BCUT2D eigenvalue weighted by Crippen LogP contribution is -2.58. The van der Waals surface area contributed by atoms with Gasteiger partial charge in [0.15, 0.2) is 11.6 Å². The summed E-state index contributed by atoms with van der Waals surface area (Å²) in [4.78, 5) is 37.1. The molecule has 1 aromatic carbocycles. The van der Waals surface area contributed by atoms with Crippen molar-refractivity contribution in [3.8, 4) is 0 Å². The van der Waals surface area contributed by atoms with Crippen LogP contribution >= 0.6 is 11.6 Å². The first kappa shape index (κ1) is 25.4. The molecule has 39 heavy (non-hydrogen) atoms. The van der Waals surface area contributed by atoms with Crippen molar-refractivity contribution in [2.24, 2.45) is 5.92 Å². The Morgan fingerprint density at radius 2 is 1.95 bits per heavy atom. The largest absolute Gasteiger partial charge is 0.399 e. The quantitative estimate of drug-likeness (QED) is 0.493. The number of nitrogen functional groups attached to an aromatic ring is 1. The topological polar surface area (TPSA) is 104 Å². The highest BCUT2D eigenvalue weighted by atomic mass is 35.5. The number of alkyl halides is 1. The Balaban J connectivity index is 1.38. The number of hydrogen-bond donors (Lipinski definition) is 2. The number of carbonyl (C=O) groups is 2. The minimum Gasteiger partial charge on any atom is -0.399 e. The molecular weight excluding hydrogens is 533 g/mol. The average molecular weight is 557 g/mol. The number of amides is 2. The van der Waals surface area contributed by atoms with Crippen molar-refractivity contribution in [2.75, 3.05) is 35.6 Å². The molecule has 2 amide bonds. The summed E-state index contributed by atoms with van der Waals surface area (Å²) in [7, 11) is 0. The molecule has 0 spiro atoms. The molecule has 2 aliphatic heterocycles.